The van der Waals surface area contributed by atoms with Gasteiger partial charge in [0.1, 0.15) is 11.4 Å². The standard InChI is InChI=1S/C14H24N2O3/c1-4-6-19-13-8-12(9-16-10-13)14(2,17)11-15-5-7-18-3/h8-10,15,17H,4-7,11H2,1-3H3. The molecule has 0 spiro atoms. The molecule has 0 fully saturated rings. The van der Waals surface area contributed by atoms with Crippen LogP contribution in [0.3, 0.4) is 0 Å². The largest absolute Gasteiger partial charge is 0.492 e. The monoisotopic (exact) mass is 268 g/mol. The number of aliphatic hydroxyl groups is 1. The summed E-state index contributed by atoms with van der Waals surface area (Å²) in [5, 5.41) is 13.6. The highest BCUT2D eigenvalue weighted by molar-refractivity contribution is 5.28. The lowest BCUT2D eigenvalue weighted by Crippen LogP contribution is -2.36. The SMILES string of the molecule is CCCOc1cncc(C(C)(O)CNCCOC)c1. The normalized spacial score (nSPS) is 14.1. The van der Waals surface area contributed by atoms with E-state index in [0.717, 1.165) is 12.0 Å². The van der Waals surface area contributed by atoms with Crippen LogP contribution < -0.4 is 10.1 Å². The molecule has 0 aliphatic heterocycles. The van der Waals surface area contributed by atoms with E-state index in [2.05, 4.69) is 10.3 Å². The first-order chi connectivity index (χ1) is 9.10. The maximum absolute atomic E-state index is 10.4. The third-order valence-electron chi connectivity index (χ3n) is 2.76. The number of nitrogens with one attached hydrogen (secondary N) is 1. The minimum atomic E-state index is -0.980. The van der Waals surface area contributed by atoms with Gasteiger partial charge in [-0.3, -0.25) is 4.98 Å². The molecule has 0 aromatic carbocycles. The van der Waals surface area contributed by atoms with E-state index in [-0.39, 0.29) is 0 Å². The van der Waals surface area contributed by atoms with Gasteiger partial charge >= 0.3 is 0 Å². The number of hydrogen-bond donors (Lipinski definition) is 2. The summed E-state index contributed by atoms with van der Waals surface area (Å²) in [5.74, 6) is 0.691. The minimum absolute atomic E-state index is 0.440. The Hall–Kier alpha value is -1.17. The van der Waals surface area contributed by atoms with Crippen LogP contribution in [0.5, 0.6) is 5.75 Å². The Morgan fingerprint density at radius 1 is 1.37 bits per heavy atom. The van der Waals surface area contributed by atoms with Gasteiger partial charge in [-0.15, -0.1) is 0 Å². The molecule has 108 valence electrons. The van der Waals surface area contributed by atoms with Gasteiger partial charge in [-0.2, -0.15) is 0 Å². The van der Waals surface area contributed by atoms with Crippen LogP contribution in [0.2, 0.25) is 0 Å². The molecule has 0 bridgehead atoms. The minimum Gasteiger partial charge on any atom is -0.492 e. The van der Waals surface area contributed by atoms with Crippen molar-refractivity contribution in [1.29, 1.82) is 0 Å². The zero-order chi connectivity index (χ0) is 14.1. The Kier molecular flexibility index (Phi) is 6.77. The highest BCUT2D eigenvalue weighted by atomic mass is 16.5. The van der Waals surface area contributed by atoms with Crippen LogP contribution in [0.25, 0.3) is 0 Å². The molecule has 0 saturated carbocycles. The van der Waals surface area contributed by atoms with Gasteiger partial charge in [0, 0.05) is 32.0 Å². The average Bonchev–Trinajstić information content (AvgIpc) is 2.42. The van der Waals surface area contributed by atoms with Gasteiger partial charge < -0.3 is 19.9 Å². The lowest BCUT2D eigenvalue weighted by molar-refractivity contribution is 0.0543. The predicted molar refractivity (Wildman–Crippen MR) is 74.3 cm³/mol. The molecule has 5 nitrogen and oxygen atoms in total. The molecule has 1 heterocycles. The summed E-state index contributed by atoms with van der Waals surface area (Å²) in [6, 6.07) is 1.83. The molecule has 1 aromatic rings. The van der Waals surface area contributed by atoms with E-state index in [1.54, 1.807) is 26.4 Å². The summed E-state index contributed by atoms with van der Waals surface area (Å²) >= 11 is 0. The van der Waals surface area contributed by atoms with Crippen molar-refractivity contribution in [3.05, 3.63) is 24.0 Å². The number of ether oxygens (including phenoxy) is 2. The molecular weight excluding hydrogens is 244 g/mol. The first-order valence-corrected chi connectivity index (χ1v) is 6.60. The molecule has 1 unspecified atom stereocenters. The van der Waals surface area contributed by atoms with E-state index in [9.17, 15) is 5.11 Å². The van der Waals surface area contributed by atoms with Crippen molar-refractivity contribution < 1.29 is 14.6 Å². The maximum Gasteiger partial charge on any atom is 0.137 e. The second kappa shape index (κ2) is 8.09. The molecule has 0 aliphatic rings. The molecule has 1 atom stereocenters. The fraction of sp³-hybridized carbons (Fsp3) is 0.643. The van der Waals surface area contributed by atoms with Crippen molar-refractivity contribution in [2.24, 2.45) is 0 Å². The molecule has 0 amide bonds. The summed E-state index contributed by atoms with van der Waals surface area (Å²) in [7, 11) is 1.65. The summed E-state index contributed by atoms with van der Waals surface area (Å²) < 4.78 is 10.5. The summed E-state index contributed by atoms with van der Waals surface area (Å²) in [4.78, 5) is 4.11. The first kappa shape index (κ1) is 15.9. The quantitative estimate of drug-likeness (QED) is 0.661. The van der Waals surface area contributed by atoms with Crippen LogP contribution >= 0.6 is 0 Å². The van der Waals surface area contributed by atoms with E-state index < -0.39 is 5.60 Å². The molecule has 0 saturated heterocycles. The zero-order valence-corrected chi connectivity index (χ0v) is 12.0. The fourth-order valence-corrected chi connectivity index (χ4v) is 1.62. The lowest BCUT2D eigenvalue weighted by atomic mass is 9.97. The second-order valence-electron chi connectivity index (χ2n) is 4.70. The van der Waals surface area contributed by atoms with Crippen LogP contribution in [0.1, 0.15) is 25.8 Å². The predicted octanol–water partition coefficient (Wildman–Crippen LogP) is 1.31. The Bertz CT molecular complexity index is 369. The molecule has 0 aliphatic carbocycles. The highest BCUT2D eigenvalue weighted by Crippen LogP contribution is 2.22. The summed E-state index contributed by atoms with van der Waals surface area (Å²) in [6.07, 6.45) is 4.27. The fourth-order valence-electron chi connectivity index (χ4n) is 1.62. The molecule has 0 radical (unpaired) electrons. The summed E-state index contributed by atoms with van der Waals surface area (Å²) in [6.45, 7) is 6.22. The number of aromatic nitrogens is 1. The van der Waals surface area contributed by atoms with Crippen LogP contribution in [0.4, 0.5) is 0 Å². The molecule has 2 N–H and O–H groups in total. The zero-order valence-electron chi connectivity index (χ0n) is 12.0. The van der Waals surface area contributed by atoms with Crippen molar-refractivity contribution in [1.82, 2.24) is 10.3 Å². The lowest BCUT2D eigenvalue weighted by Gasteiger charge is -2.24. The van der Waals surface area contributed by atoms with E-state index in [1.165, 1.54) is 0 Å². The number of rotatable bonds is 9. The highest BCUT2D eigenvalue weighted by Gasteiger charge is 2.23. The number of pyridine rings is 1. The van der Waals surface area contributed by atoms with E-state index in [4.69, 9.17) is 9.47 Å². The van der Waals surface area contributed by atoms with E-state index in [1.807, 2.05) is 13.0 Å². The third kappa shape index (κ3) is 5.55. The van der Waals surface area contributed by atoms with Gasteiger partial charge in [0.15, 0.2) is 0 Å². The van der Waals surface area contributed by atoms with Gasteiger partial charge in [0.05, 0.1) is 19.4 Å². The van der Waals surface area contributed by atoms with Crippen molar-refractivity contribution in [2.45, 2.75) is 25.9 Å². The molecular formula is C14H24N2O3. The molecule has 1 aromatic heterocycles. The van der Waals surface area contributed by atoms with Gasteiger partial charge in [0.25, 0.3) is 0 Å². The van der Waals surface area contributed by atoms with Crippen molar-refractivity contribution in [3.8, 4) is 5.75 Å². The smallest absolute Gasteiger partial charge is 0.137 e. The first-order valence-electron chi connectivity index (χ1n) is 6.60. The number of nitrogens with zero attached hydrogens (tertiary/aromatic N) is 1. The van der Waals surface area contributed by atoms with Crippen molar-refractivity contribution in [2.75, 3.05) is 33.4 Å². The van der Waals surface area contributed by atoms with Gasteiger partial charge in [0.2, 0.25) is 0 Å². The second-order valence-corrected chi connectivity index (χ2v) is 4.70. The van der Waals surface area contributed by atoms with Crippen LogP contribution in [-0.2, 0) is 10.3 Å². The van der Waals surface area contributed by atoms with Gasteiger partial charge in [-0.25, -0.2) is 0 Å². The van der Waals surface area contributed by atoms with E-state index >= 15 is 0 Å². The van der Waals surface area contributed by atoms with Crippen LogP contribution in [0, 0.1) is 0 Å². The van der Waals surface area contributed by atoms with Gasteiger partial charge in [-0.1, -0.05) is 6.92 Å². The van der Waals surface area contributed by atoms with Crippen LogP contribution in [0.15, 0.2) is 18.5 Å². The maximum atomic E-state index is 10.4. The Morgan fingerprint density at radius 2 is 2.16 bits per heavy atom. The Morgan fingerprint density at radius 3 is 2.84 bits per heavy atom. The Labute approximate surface area is 115 Å². The molecule has 5 heteroatoms. The van der Waals surface area contributed by atoms with Gasteiger partial charge in [-0.05, 0) is 19.4 Å². The Balaban J connectivity index is 2.60. The van der Waals surface area contributed by atoms with E-state index in [0.29, 0.717) is 32.1 Å². The summed E-state index contributed by atoms with van der Waals surface area (Å²) in [5.41, 5.74) is -0.238. The number of methoxy groups -OCH3 is 1. The molecule has 1 rings (SSSR count). The van der Waals surface area contributed by atoms with Crippen LogP contribution in [-0.4, -0.2) is 43.5 Å². The average molecular weight is 268 g/mol. The third-order valence-corrected chi connectivity index (χ3v) is 2.76. The van der Waals surface area contributed by atoms with Crippen molar-refractivity contribution in [3.63, 3.8) is 0 Å². The van der Waals surface area contributed by atoms with Crippen molar-refractivity contribution >= 4 is 0 Å². The topological polar surface area (TPSA) is 63.6 Å². The molecule has 19 heavy (non-hydrogen) atoms. The number of hydrogen-bond acceptors (Lipinski definition) is 5.